The van der Waals surface area contributed by atoms with Crippen molar-refractivity contribution in [3.63, 3.8) is 0 Å². The number of rotatable bonds is 5. The number of carbonyl (C=O) groups is 1. The molecule has 0 unspecified atom stereocenters. The van der Waals surface area contributed by atoms with Crippen molar-refractivity contribution in [3.8, 4) is 0 Å². The number of carboxylic acid groups (broad SMARTS) is 1. The third-order valence-corrected chi connectivity index (χ3v) is 1.90. The van der Waals surface area contributed by atoms with Gasteiger partial charge < -0.3 is 9.84 Å². The van der Waals surface area contributed by atoms with Gasteiger partial charge in [-0.05, 0) is 20.8 Å². The average molecular weight is 225 g/mol. The molecule has 0 spiro atoms. The van der Waals surface area contributed by atoms with E-state index in [0.29, 0.717) is 12.4 Å². The first kappa shape index (κ1) is 12.2. The Morgan fingerprint density at radius 2 is 2.44 bits per heavy atom. The molecule has 88 valence electrons. The van der Waals surface area contributed by atoms with Crippen LogP contribution < -0.4 is 0 Å². The topological polar surface area (TPSA) is 76.7 Å². The van der Waals surface area contributed by atoms with Gasteiger partial charge in [0.1, 0.15) is 5.56 Å². The van der Waals surface area contributed by atoms with Crippen LogP contribution in [-0.2, 0) is 4.74 Å². The summed E-state index contributed by atoms with van der Waals surface area (Å²) in [6.45, 7) is 6.11. The van der Waals surface area contributed by atoms with Crippen LogP contribution in [-0.4, -0.2) is 33.9 Å². The molecule has 0 fully saturated rings. The largest absolute Gasteiger partial charge is 0.483 e. The molecule has 1 N–H and O–H groups in total. The Morgan fingerprint density at radius 3 is 2.94 bits per heavy atom. The lowest BCUT2D eigenvalue weighted by Gasteiger charge is -2.07. The maximum Gasteiger partial charge on any atom is 0.341 e. The molecule has 1 aromatic rings. The minimum atomic E-state index is -1.05. The maximum atomic E-state index is 10.9. The molecule has 1 rings (SSSR count). The standard InChI is InChI=1S/C10H15N3O3/c1-4-16-6-11-9-8(10(14)15)5-12-13(9)7(2)3/h5-7H,4H2,1-3H3,(H,14,15). The first-order valence-corrected chi connectivity index (χ1v) is 5.02. The fourth-order valence-corrected chi connectivity index (χ4v) is 1.17. The van der Waals surface area contributed by atoms with Crippen molar-refractivity contribution >= 4 is 18.2 Å². The quantitative estimate of drug-likeness (QED) is 0.613. The molecule has 0 aliphatic rings. The summed E-state index contributed by atoms with van der Waals surface area (Å²) in [4.78, 5) is 14.9. The van der Waals surface area contributed by atoms with Crippen molar-refractivity contribution in [3.05, 3.63) is 11.8 Å². The molecule has 0 atom stereocenters. The van der Waals surface area contributed by atoms with E-state index in [2.05, 4.69) is 10.1 Å². The fraction of sp³-hybridized carbons (Fsp3) is 0.500. The Bertz CT molecular complexity index is 396. The van der Waals surface area contributed by atoms with Crippen LogP contribution in [0.4, 0.5) is 5.82 Å². The minimum absolute atomic E-state index is 0.0434. The van der Waals surface area contributed by atoms with Crippen LogP contribution >= 0.6 is 0 Å². The van der Waals surface area contributed by atoms with Crippen molar-refractivity contribution in [2.45, 2.75) is 26.8 Å². The third-order valence-electron chi connectivity index (χ3n) is 1.90. The minimum Gasteiger partial charge on any atom is -0.483 e. The molecule has 6 heteroatoms. The lowest BCUT2D eigenvalue weighted by atomic mass is 10.3. The molecule has 16 heavy (non-hydrogen) atoms. The van der Waals surface area contributed by atoms with E-state index in [0.717, 1.165) is 0 Å². The zero-order chi connectivity index (χ0) is 12.1. The lowest BCUT2D eigenvalue weighted by Crippen LogP contribution is -2.03. The molecule has 0 aliphatic carbocycles. The van der Waals surface area contributed by atoms with E-state index < -0.39 is 5.97 Å². The van der Waals surface area contributed by atoms with Gasteiger partial charge in [-0.25, -0.2) is 14.5 Å². The second kappa shape index (κ2) is 5.29. The molecular formula is C10H15N3O3. The normalized spacial score (nSPS) is 11.2. The van der Waals surface area contributed by atoms with E-state index in [1.807, 2.05) is 20.8 Å². The highest BCUT2D eigenvalue weighted by Crippen LogP contribution is 2.22. The molecule has 1 aromatic heterocycles. The molecule has 0 saturated carbocycles. The Kier molecular flexibility index (Phi) is 4.04. The number of aromatic carboxylic acids is 1. The Hall–Kier alpha value is -1.85. The SMILES string of the molecule is CCOC=Nc1c(C(=O)O)cnn1C(C)C. The smallest absolute Gasteiger partial charge is 0.341 e. The molecular weight excluding hydrogens is 210 g/mol. The number of aliphatic imine (C=N–C) groups is 1. The van der Waals surface area contributed by atoms with E-state index in [9.17, 15) is 4.79 Å². The lowest BCUT2D eigenvalue weighted by molar-refractivity contribution is 0.0698. The maximum absolute atomic E-state index is 10.9. The fourth-order valence-electron chi connectivity index (χ4n) is 1.17. The van der Waals surface area contributed by atoms with Crippen LogP contribution in [0, 0.1) is 0 Å². The van der Waals surface area contributed by atoms with Gasteiger partial charge in [-0.15, -0.1) is 0 Å². The second-order valence-electron chi connectivity index (χ2n) is 3.42. The molecule has 0 bridgehead atoms. The van der Waals surface area contributed by atoms with Crippen LogP contribution in [0.2, 0.25) is 0 Å². The molecule has 0 aliphatic heterocycles. The van der Waals surface area contributed by atoms with Crippen molar-refractivity contribution in [2.75, 3.05) is 6.61 Å². The van der Waals surface area contributed by atoms with Gasteiger partial charge in [-0.2, -0.15) is 5.10 Å². The molecule has 6 nitrogen and oxygen atoms in total. The number of hydrogen-bond donors (Lipinski definition) is 1. The number of nitrogens with zero attached hydrogens (tertiary/aromatic N) is 3. The van der Waals surface area contributed by atoms with Gasteiger partial charge in [-0.3, -0.25) is 0 Å². The number of aromatic nitrogens is 2. The van der Waals surface area contributed by atoms with Gasteiger partial charge in [-0.1, -0.05) is 0 Å². The predicted molar refractivity (Wildman–Crippen MR) is 59.3 cm³/mol. The van der Waals surface area contributed by atoms with Gasteiger partial charge in [0, 0.05) is 6.04 Å². The van der Waals surface area contributed by atoms with Crippen LogP contribution in [0.1, 0.15) is 37.2 Å². The zero-order valence-corrected chi connectivity index (χ0v) is 9.54. The summed E-state index contributed by atoms with van der Waals surface area (Å²) in [5.74, 6) is -0.744. The molecule has 0 radical (unpaired) electrons. The summed E-state index contributed by atoms with van der Waals surface area (Å²) in [6, 6.07) is 0.0434. The van der Waals surface area contributed by atoms with Crippen LogP contribution in [0.3, 0.4) is 0 Å². The number of hydrogen-bond acceptors (Lipinski definition) is 4. The van der Waals surface area contributed by atoms with Gasteiger partial charge in [0.2, 0.25) is 0 Å². The zero-order valence-electron chi connectivity index (χ0n) is 9.54. The highest BCUT2D eigenvalue weighted by atomic mass is 16.5. The summed E-state index contributed by atoms with van der Waals surface area (Å²) in [5.41, 5.74) is 0.0738. The molecule has 0 aromatic carbocycles. The monoisotopic (exact) mass is 225 g/mol. The van der Waals surface area contributed by atoms with Crippen LogP contribution in [0.5, 0.6) is 0 Å². The highest BCUT2D eigenvalue weighted by molar-refractivity contribution is 5.92. The summed E-state index contributed by atoms with van der Waals surface area (Å²) < 4.78 is 6.49. The van der Waals surface area contributed by atoms with Crippen LogP contribution in [0.25, 0.3) is 0 Å². The van der Waals surface area contributed by atoms with Crippen molar-refractivity contribution in [1.29, 1.82) is 0 Å². The predicted octanol–water partition coefficient (Wildman–Crippen LogP) is 1.86. The van der Waals surface area contributed by atoms with Crippen LogP contribution in [0.15, 0.2) is 11.2 Å². The highest BCUT2D eigenvalue weighted by Gasteiger charge is 2.17. The summed E-state index contributed by atoms with van der Waals surface area (Å²) in [6.07, 6.45) is 2.53. The van der Waals surface area contributed by atoms with E-state index in [1.54, 1.807) is 4.68 Å². The molecule has 0 amide bonds. The second-order valence-corrected chi connectivity index (χ2v) is 3.42. The van der Waals surface area contributed by atoms with Gasteiger partial charge in [0.25, 0.3) is 0 Å². The Labute approximate surface area is 93.6 Å². The van der Waals surface area contributed by atoms with Crippen molar-refractivity contribution in [2.24, 2.45) is 4.99 Å². The number of carboxylic acids is 1. The Balaban J connectivity index is 3.09. The number of ether oxygens (including phenoxy) is 1. The van der Waals surface area contributed by atoms with Gasteiger partial charge >= 0.3 is 5.97 Å². The van der Waals surface area contributed by atoms with Gasteiger partial charge in [0.15, 0.2) is 12.2 Å². The van der Waals surface area contributed by atoms with Crippen molar-refractivity contribution < 1.29 is 14.6 Å². The average Bonchev–Trinajstić information content (AvgIpc) is 2.62. The van der Waals surface area contributed by atoms with Crippen molar-refractivity contribution in [1.82, 2.24) is 9.78 Å². The summed E-state index contributed by atoms with van der Waals surface area (Å²) >= 11 is 0. The first-order chi connectivity index (χ1) is 7.57. The summed E-state index contributed by atoms with van der Waals surface area (Å²) in [7, 11) is 0. The molecule has 1 heterocycles. The van der Waals surface area contributed by atoms with E-state index in [4.69, 9.17) is 9.84 Å². The summed E-state index contributed by atoms with van der Waals surface area (Å²) in [5, 5.41) is 12.9. The van der Waals surface area contributed by atoms with E-state index >= 15 is 0 Å². The Morgan fingerprint density at radius 1 is 1.75 bits per heavy atom. The molecule has 0 saturated heterocycles. The van der Waals surface area contributed by atoms with Gasteiger partial charge in [0.05, 0.1) is 12.8 Å². The van der Waals surface area contributed by atoms with E-state index in [1.165, 1.54) is 12.6 Å². The third kappa shape index (κ3) is 2.59. The van der Waals surface area contributed by atoms with E-state index in [-0.39, 0.29) is 11.6 Å². The first-order valence-electron chi connectivity index (χ1n) is 5.02.